The Balaban J connectivity index is 1.73. The molecule has 3 saturated heterocycles. The predicted octanol–water partition coefficient (Wildman–Crippen LogP) is 3.17. The molecule has 0 aromatic carbocycles. The van der Waals surface area contributed by atoms with E-state index in [9.17, 15) is 19.5 Å². The van der Waals surface area contributed by atoms with E-state index in [1.807, 2.05) is 46.8 Å². The van der Waals surface area contributed by atoms with E-state index < -0.39 is 53.1 Å². The maximum atomic E-state index is 14.6. The molecule has 3 aliphatic heterocycles. The van der Waals surface area contributed by atoms with Gasteiger partial charge in [-0.3, -0.25) is 14.4 Å². The Morgan fingerprint density at radius 2 is 1.73 bits per heavy atom. The number of nitrogens with zero attached hydrogens (tertiary/aromatic N) is 2. The lowest BCUT2D eigenvalue weighted by Gasteiger charge is -2.47. The van der Waals surface area contributed by atoms with Gasteiger partial charge in [0.05, 0.1) is 24.2 Å². The Morgan fingerprint density at radius 1 is 1.08 bits per heavy atom. The molecule has 12 nitrogen and oxygen atoms in total. The number of ether oxygens (including phenoxy) is 5. The second-order valence-electron chi connectivity index (χ2n) is 16.7. The molecule has 49 heavy (non-hydrogen) atoms. The van der Waals surface area contributed by atoms with Crippen LogP contribution in [-0.4, -0.2) is 134 Å². The van der Waals surface area contributed by atoms with Gasteiger partial charge in [0.25, 0.3) is 0 Å². The van der Waals surface area contributed by atoms with Crippen molar-refractivity contribution in [2.45, 2.75) is 154 Å². The lowest BCUT2D eigenvalue weighted by molar-refractivity contribution is -0.297. The Kier molecular flexibility index (Phi) is 12.7. The van der Waals surface area contributed by atoms with Gasteiger partial charge in [-0.15, -0.1) is 0 Å². The van der Waals surface area contributed by atoms with Crippen molar-refractivity contribution in [2.75, 3.05) is 41.3 Å². The van der Waals surface area contributed by atoms with Crippen molar-refractivity contribution in [1.82, 2.24) is 15.1 Å². The molecule has 4 rings (SSSR count). The summed E-state index contributed by atoms with van der Waals surface area (Å²) in [6.07, 6.45) is 0.204. The molecule has 1 aliphatic carbocycles. The Hall–Kier alpha value is -1.67. The second-order valence-corrected chi connectivity index (χ2v) is 16.7. The van der Waals surface area contributed by atoms with Crippen LogP contribution in [-0.2, 0) is 38.1 Å². The number of hydrogen-bond acceptors (Lipinski definition) is 12. The molecular formula is C37H65N3O9. The molecule has 4 aliphatic rings. The van der Waals surface area contributed by atoms with Gasteiger partial charge in [0.1, 0.15) is 17.6 Å². The summed E-state index contributed by atoms with van der Waals surface area (Å²) in [6.45, 7) is 16.1. The Labute approximate surface area is 294 Å². The van der Waals surface area contributed by atoms with Crippen molar-refractivity contribution in [3.63, 3.8) is 0 Å². The highest BCUT2D eigenvalue weighted by Gasteiger charge is 2.57. The summed E-state index contributed by atoms with van der Waals surface area (Å²) in [5.41, 5.74) is -3.64. The van der Waals surface area contributed by atoms with Gasteiger partial charge in [0.2, 0.25) is 0 Å². The Bertz CT molecular complexity index is 1180. The monoisotopic (exact) mass is 695 g/mol. The van der Waals surface area contributed by atoms with Crippen molar-refractivity contribution in [3.8, 4) is 0 Å². The molecule has 3 heterocycles. The zero-order chi connectivity index (χ0) is 36.6. The number of esters is 2. The first-order valence-corrected chi connectivity index (χ1v) is 18.4. The summed E-state index contributed by atoms with van der Waals surface area (Å²) >= 11 is 0. The van der Waals surface area contributed by atoms with Gasteiger partial charge in [-0.2, -0.15) is 0 Å². The van der Waals surface area contributed by atoms with Crippen LogP contribution in [0.15, 0.2) is 0 Å². The molecule has 0 aromatic rings. The fourth-order valence-electron chi connectivity index (χ4n) is 8.62. The molecule has 0 aromatic heterocycles. The van der Waals surface area contributed by atoms with Crippen LogP contribution >= 0.6 is 0 Å². The summed E-state index contributed by atoms with van der Waals surface area (Å²) in [5, 5.41) is 15.2. The Morgan fingerprint density at radius 3 is 2.31 bits per heavy atom. The van der Waals surface area contributed by atoms with Crippen LogP contribution in [0.25, 0.3) is 0 Å². The van der Waals surface area contributed by atoms with Gasteiger partial charge in [-0.25, -0.2) is 0 Å². The molecule has 1 unspecified atom stereocenters. The molecule has 282 valence electrons. The summed E-state index contributed by atoms with van der Waals surface area (Å²) < 4.78 is 31.7. The van der Waals surface area contributed by atoms with E-state index in [-0.39, 0.29) is 48.2 Å². The smallest absolute Gasteiger partial charge is 0.319 e. The van der Waals surface area contributed by atoms with Gasteiger partial charge in [0.15, 0.2) is 17.7 Å². The number of nitrogens with one attached hydrogen (secondary N) is 1. The highest BCUT2D eigenvalue weighted by molar-refractivity contribution is 6.04. The first kappa shape index (κ1) is 40.1. The van der Waals surface area contributed by atoms with Crippen LogP contribution in [0.2, 0.25) is 0 Å². The van der Waals surface area contributed by atoms with E-state index in [4.69, 9.17) is 23.7 Å². The number of methoxy groups -OCH3 is 1. The molecule has 12 heteroatoms. The van der Waals surface area contributed by atoms with E-state index >= 15 is 0 Å². The van der Waals surface area contributed by atoms with Gasteiger partial charge >= 0.3 is 11.9 Å². The van der Waals surface area contributed by atoms with E-state index in [1.165, 1.54) is 0 Å². The van der Waals surface area contributed by atoms with Crippen LogP contribution in [0.5, 0.6) is 0 Å². The zero-order valence-electron chi connectivity index (χ0n) is 32.1. The third-order valence-electron chi connectivity index (χ3n) is 12.1. The number of hydrogen-bond donors (Lipinski definition) is 2. The number of aliphatic hydroxyl groups excluding tert-OH is 1. The molecule has 4 fully saturated rings. The van der Waals surface area contributed by atoms with Gasteiger partial charge in [0, 0.05) is 50.2 Å². The standard InChI is InChI=1S/C37H65N3O9/c1-13-28-37(8)26(17-29(41)49-37)23(4)40(11)20-21(2)18-36(7,45-12)32(22(3)31(43)35(5,6)34(44)47-28)48-33-30(42)27(39(9)10)16-25(46-33)19-38-24-14-15-24/h21-28,30,32-33,38,42H,13-20H2,1-12H3/t21-,22+,23-,25+,26-,27?,28-,30-,32-,33+,36-,37+/m1/s1. The molecule has 0 bridgehead atoms. The number of rotatable bonds is 8. The first-order valence-electron chi connectivity index (χ1n) is 18.4. The maximum absolute atomic E-state index is 14.6. The van der Waals surface area contributed by atoms with Crippen molar-refractivity contribution in [3.05, 3.63) is 0 Å². The minimum Gasteiger partial charge on any atom is -0.457 e. The summed E-state index contributed by atoms with van der Waals surface area (Å²) in [7, 11) is 7.52. The molecule has 0 radical (unpaired) electrons. The van der Waals surface area contributed by atoms with Crippen molar-refractivity contribution in [1.29, 1.82) is 0 Å². The molecular weight excluding hydrogens is 630 g/mol. The van der Waals surface area contributed by atoms with Crippen molar-refractivity contribution >= 4 is 17.7 Å². The van der Waals surface area contributed by atoms with E-state index in [0.717, 1.165) is 12.8 Å². The van der Waals surface area contributed by atoms with E-state index in [1.54, 1.807) is 27.9 Å². The normalized spacial score (nSPS) is 43.0. The minimum atomic E-state index is -1.57. The summed E-state index contributed by atoms with van der Waals surface area (Å²) in [5.74, 6) is -2.40. The van der Waals surface area contributed by atoms with Gasteiger partial charge in [-0.1, -0.05) is 20.8 Å². The topological polar surface area (TPSA) is 136 Å². The average Bonchev–Trinajstić information content (AvgIpc) is 3.82. The highest BCUT2D eigenvalue weighted by Crippen LogP contribution is 2.44. The minimum absolute atomic E-state index is 0.0651. The van der Waals surface area contributed by atoms with Crippen LogP contribution in [0.1, 0.15) is 93.9 Å². The number of Topliss-reactive ketones (excluding diaryl/α,β-unsaturated/α-hetero) is 1. The molecule has 0 spiro atoms. The third kappa shape index (κ3) is 8.53. The number of likely N-dealkylation sites (N-methyl/N-ethyl adjacent to an activating group) is 1. The number of cyclic esters (lactones) is 1. The van der Waals surface area contributed by atoms with Gasteiger partial charge in [-0.05, 0) is 93.8 Å². The highest BCUT2D eigenvalue weighted by atomic mass is 16.7. The summed E-state index contributed by atoms with van der Waals surface area (Å²) in [6, 6.07) is 0.186. The fraction of sp³-hybridized carbons (Fsp3) is 0.919. The van der Waals surface area contributed by atoms with Crippen LogP contribution in [0.4, 0.5) is 0 Å². The quantitative estimate of drug-likeness (QED) is 0.285. The number of fused-ring (bicyclic) bond motifs is 1. The number of aliphatic hydroxyl groups is 1. The summed E-state index contributed by atoms with van der Waals surface area (Å²) in [4.78, 5) is 45.6. The molecule has 12 atom stereocenters. The lowest BCUT2D eigenvalue weighted by atomic mass is 9.74. The van der Waals surface area contributed by atoms with Gasteiger partial charge < -0.3 is 43.9 Å². The number of ketones is 1. The van der Waals surface area contributed by atoms with Crippen molar-refractivity contribution < 1.29 is 43.2 Å². The lowest BCUT2D eigenvalue weighted by Crippen LogP contribution is -2.60. The first-order chi connectivity index (χ1) is 22.8. The third-order valence-corrected chi connectivity index (χ3v) is 12.1. The number of carbonyl (C=O) groups is 3. The predicted molar refractivity (Wildman–Crippen MR) is 185 cm³/mol. The van der Waals surface area contributed by atoms with Crippen molar-refractivity contribution in [2.24, 2.45) is 23.2 Å². The fourth-order valence-corrected chi connectivity index (χ4v) is 8.62. The average molecular weight is 696 g/mol. The van der Waals surface area contributed by atoms with Crippen LogP contribution in [0.3, 0.4) is 0 Å². The maximum Gasteiger partial charge on any atom is 0.319 e. The SMILES string of the molecule is CC[C@H]1OC(=O)C(C)(C)C(=O)[C@H](C)[C@@H](O[C@@H]2O[C@H](CNC3CC3)CC(N(C)C)[C@H]2O)[C@](C)(OC)C[C@@H](C)CN(C)[C@H](C)[C@H]2CC(=O)O[C@@]21C. The van der Waals surface area contributed by atoms with E-state index in [0.29, 0.717) is 38.4 Å². The van der Waals surface area contributed by atoms with Crippen LogP contribution < -0.4 is 5.32 Å². The zero-order valence-corrected chi connectivity index (χ0v) is 32.1. The molecule has 0 amide bonds. The number of carbonyl (C=O) groups excluding carboxylic acids is 3. The van der Waals surface area contributed by atoms with Crippen LogP contribution in [0, 0.1) is 23.2 Å². The van der Waals surface area contributed by atoms with E-state index in [2.05, 4.69) is 24.1 Å². The molecule has 2 N–H and O–H groups in total. The largest absolute Gasteiger partial charge is 0.457 e. The molecule has 1 saturated carbocycles. The second kappa shape index (κ2) is 15.5.